The van der Waals surface area contributed by atoms with E-state index < -0.39 is 5.54 Å². The molecule has 0 aliphatic carbocycles. The molecule has 1 aliphatic heterocycles. The number of halogens is 1. The number of methoxy groups -OCH3 is 1. The average molecular weight is 294 g/mol. The summed E-state index contributed by atoms with van der Waals surface area (Å²) in [5.74, 6) is -0.223. The lowest BCUT2D eigenvalue weighted by molar-refractivity contribution is -0.133. The van der Waals surface area contributed by atoms with Gasteiger partial charge in [0.1, 0.15) is 12.0 Å². The molecule has 1 aromatic carbocycles. The molecular formula is C16H23FN2O2. The van der Waals surface area contributed by atoms with Gasteiger partial charge in [0.25, 0.3) is 0 Å². The fourth-order valence-electron chi connectivity index (χ4n) is 2.68. The number of carbonyl (C=O) groups excluding carboxylic acids is 1. The van der Waals surface area contributed by atoms with E-state index in [0.717, 1.165) is 12.0 Å². The molecule has 2 unspecified atom stereocenters. The second-order valence-electron chi connectivity index (χ2n) is 5.63. The van der Waals surface area contributed by atoms with E-state index in [1.165, 1.54) is 12.1 Å². The normalized spacial score (nSPS) is 25.6. The number of hydrogen-bond acceptors (Lipinski definition) is 3. The molecule has 1 fully saturated rings. The Kier molecular flexibility index (Phi) is 4.96. The SMILES string of the molecule is CCC1(C)NC(c2cccc(F)c2)N(CCCOC)C1=O. The molecule has 0 spiro atoms. The third-order valence-corrected chi connectivity index (χ3v) is 4.12. The van der Waals surface area contributed by atoms with Gasteiger partial charge in [-0.25, -0.2) is 4.39 Å². The van der Waals surface area contributed by atoms with Crippen LogP contribution < -0.4 is 5.32 Å². The summed E-state index contributed by atoms with van der Waals surface area (Å²) in [6.07, 6.45) is 1.17. The van der Waals surface area contributed by atoms with Crippen LogP contribution in [0.15, 0.2) is 24.3 Å². The van der Waals surface area contributed by atoms with Crippen LogP contribution >= 0.6 is 0 Å². The van der Waals surface area contributed by atoms with E-state index in [9.17, 15) is 9.18 Å². The molecule has 1 N–H and O–H groups in total. The number of nitrogens with zero attached hydrogens (tertiary/aromatic N) is 1. The van der Waals surface area contributed by atoms with Crippen molar-refractivity contribution in [1.82, 2.24) is 10.2 Å². The Hall–Kier alpha value is -1.46. The number of benzene rings is 1. The summed E-state index contributed by atoms with van der Waals surface area (Å²) in [6, 6.07) is 6.41. The summed E-state index contributed by atoms with van der Waals surface area (Å²) < 4.78 is 18.5. The first-order valence-corrected chi connectivity index (χ1v) is 7.35. The Bertz CT molecular complexity index is 509. The zero-order valence-corrected chi connectivity index (χ0v) is 12.9. The van der Waals surface area contributed by atoms with Crippen LogP contribution in [0, 0.1) is 5.82 Å². The van der Waals surface area contributed by atoms with Gasteiger partial charge in [-0.3, -0.25) is 10.1 Å². The Balaban J connectivity index is 2.25. The second kappa shape index (κ2) is 6.54. The zero-order chi connectivity index (χ0) is 15.5. The molecule has 5 heteroatoms. The highest BCUT2D eigenvalue weighted by Crippen LogP contribution is 2.32. The number of amides is 1. The maximum atomic E-state index is 13.5. The smallest absolute Gasteiger partial charge is 0.244 e. The van der Waals surface area contributed by atoms with Crippen molar-refractivity contribution in [1.29, 1.82) is 0 Å². The van der Waals surface area contributed by atoms with Crippen LogP contribution in [0.3, 0.4) is 0 Å². The summed E-state index contributed by atoms with van der Waals surface area (Å²) in [5, 5.41) is 3.36. The van der Waals surface area contributed by atoms with E-state index in [-0.39, 0.29) is 17.9 Å². The van der Waals surface area contributed by atoms with Gasteiger partial charge in [0.2, 0.25) is 5.91 Å². The molecule has 1 aromatic rings. The molecule has 116 valence electrons. The lowest BCUT2D eigenvalue weighted by Crippen LogP contribution is -2.43. The number of nitrogens with one attached hydrogen (secondary N) is 1. The van der Waals surface area contributed by atoms with Gasteiger partial charge in [-0.1, -0.05) is 19.1 Å². The van der Waals surface area contributed by atoms with Gasteiger partial charge in [-0.05, 0) is 37.5 Å². The quantitative estimate of drug-likeness (QED) is 0.820. The number of hydrogen-bond donors (Lipinski definition) is 1. The van der Waals surface area contributed by atoms with E-state index in [1.54, 1.807) is 18.1 Å². The fraction of sp³-hybridized carbons (Fsp3) is 0.562. The molecule has 1 amide bonds. The van der Waals surface area contributed by atoms with E-state index >= 15 is 0 Å². The monoisotopic (exact) mass is 294 g/mol. The summed E-state index contributed by atoms with van der Waals surface area (Å²) in [5.41, 5.74) is 0.183. The number of rotatable bonds is 6. The summed E-state index contributed by atoms with van der Waals surface area (Å²) in [7, 11) is 1.64. The number of ether oxygens (including phenoxy) is 1. The molecule has 2 rings (SSSR count). The third kappa shape index (κ3) is 3.24. The van der Waals surface area contributed by atoms with Crippen molar-refractivity contribution in [3.05, 3.63) is 35.6 Å². The predicted molar refractivity (Wildman–Crippen MR) is 79.2 cm³/mol. The maximum Gasteiger partial charge on any atom is 0.244 e. The van der Waals surface area contributed by atoms with E-state index in [4.69, 9.17) is 4.74 Å². The Morgan fingerprint density at radius 3 is 2.86 bits per heavy atom. The van der Waals surface area contributed by atoms with Crippen LogP contribution in [0.4, 0.5) is 4.39 Å². The highest BCUT2D eigenvalue weighted by atomic mass is 19.1. The van der Waals surface area contributed by atoms with Crippen LogP contribution in [-0.2, 0) is 9.53 Å². The zero-order valence-electron chi connectivity index (χ0n) is 12.9. The summed E-state index contributed by atoms with van der Waals surface area (Å²) in [4.78, 5) is 14.4. The van der Waals surface area contributed by atoms with Crippen molar-refractivity contribution in [2.45, 2.75) is 38.4 Å². The third-order valence-electron chi connectivity index (χ3n) is 4.12. The minimum absolute atomic E-state index is 0.0652. The minimum atomic E-state index is -0.593. The van der Waals surface area contributed by atoms with Gasteiger partial charge in [0.05, 0.1) is 5.54 Å². The molecule has 2 atom stereocenters. The molecule has 21 heavy (non-hydrogen) atoms. The molecule has 0 radical (unpaired) electrons. The lowest BCUT2D eigenvalue weighted by atomic mass is 9.99. The molecule has 4 nitrogen and oxygen atoms in total. The lowest BCUT2D eigenvalue weighted by Gasteiger charge is -2.24. The second-order valence-corrected chi connectivity index (χ2v) is 5.63. The molecular weight excluding hydrogens is 271 g/mol. The Morgan fingerprint density at radius 2 is 2.24 bits per heavy atom. The highest BCUT2D eigenvalue weighted by molar-refractivity contribution is 5.88. The van der Waals surface area contributed by atoms with E-state index in [0.29, 0.717) is 19.6 Å². The highest BCUT2D eigenvalue weighted by Gasteiger charge is 2.46. The minimum Gasteiger partial charge on any atom is -0.385 e. The van der Waals surface area contributed by atoms with E-state index in [1.807, 2.05) is 19.9 Å². The molecule has 0 saturated carbocycles. The summed E-state index contributed by atoms with van der Waals surface area (Å²) in [6.45, 7) is 5.07. The van der Waals surface area contributed by atoms with Crippen LogP contribution in [0.2, 0.25) is 0 Å². The van der Waals surface area contributed by atoms with Crippen molar-refractivity contribution < 1.29 is 13.9 Å². The molecule has 1 aliphatic rings. The van der Waals surface area contributed by atoms with Crippen molar-refractivity contribution in [3.8, 4) is 0 Å². The molecule has 1 heterocycles. The standard InChI is InChI=1S/C16H23FN2O2/c1-4-16(2)15(20)19(9-6-10-21-3)14(18-16)12-7-5-8-13(17)11-12/h5,7-8,11,14,18H,4,6,9-10H2,1-3H3. The Labute approximate surface area is 125 Å². The van der Waals surface area contributed by atoms with Crippen molar-refractivity contribution in [2.75, 3.05) is 20.3 Å². The van der Waals surface area contributed by atoms with Gasteiger partial charge in [-0.2, -0.15) is 0 Å². The topological polar surface area (TPSA) is 41.6 Å². The first kappa shape index (κ1) is 15.9. The van der Waals surface area contributed by atoms with Gasteiger partial charge >= 0.3 is 0 Å². The molecule has 1 saturated heterocycles. The van der Waals surface area contributed by atoms with Gasteiger partial charge in [0.15, 0.2) is 0 Å². The van der Waals surface area contributed by atoms with Crippen LogP contribution in [0.1, 0.15) is 38.4 Å². The summed E-state index contributed by atoms with van der Waals surface area (Å²) >= 11 is 0. The Morgan fingerprint density at radius 1 is 1.48 bits per heavy atom. The van der Waals surface area contributed by atoms with Crippen LogP contribution in [0.25, 0.3) is 0 Å². The van der Waals surface area contributed by atoms with Crippen LogP contribution in [0.5, 0.6) is 0 Å². The fourth-order valence-corrected chi connectivity index (χ4v) is 2.68. The average Bonchev–Trinajstić information content (AvgIpc) is 2.73. The largest absolute Gasteiger partial charge is 0.385 e. The maximum absolute atomic E-state index is 13.5. The molecule has 0 bridgehead atoms. The van der Waals surface area contributed by atoms with E-state index in [2.05, 4.69) is 5.32 Å². The first-order chi connectivity index (χ1) is 10.0. The van der Waals surface area contributed by atoms with Crippen molar-refractivity contribution in [3.63, 3.8) is 0 Å². The number of carbonyl (C=O) groups is 1. The van der Waals surface area contributed by atoms with Crippen molar-refractivity contribution >= 4 is 5.91 Å². The van der Waals surface area contributed by atoms with Crippen LogP contribution in [-0.4, -0.2) is 36.6 Å². The predicted octanol–water partition coefficient (Wildman–Crippen LogP) is 2.46. The first-order valence-electron chi connectivity index (χ1n) is 7.35. The van der Waals surface area contributed by atoms with Gasteiger partial charge < -0.3 is 9.64 Å². The van der Waals surface area contributed by atoms with Gasteiger partial charge in [0, 0.05) is 20.3 Å². The molecule has 0 aromatic heterocycles. The van der Waals surface area contributed by atoms with Crippen molar-refractivity contribution in [2.24, 2.45) is 0 Å². The van der Waals surface area contributed by atoms with Gasteiger partial charge in [-0.15, -0.1) is 0 Å².